The van der Waals surface area contributed by atoms with E-state index in [2.05, 4.69) is 4.98 Å². The van der Waals surface area contributed by atoms with Gasteiger partial charge in [-0.15, -0.1) is 0 Å². The summed E-state index contributed by atoms with van der Waals surface area (Å²) in [6.07, 6.45) is 6.93. The lowest BCUT2D eigenvalue weighted by Gasteiger charge is -2.25. The van der Waals surface area contributed by atoms with Crippen molar-refractivity contribution in [2.75, 3.05) is 6.26 Å². The Morgan fingerprint density at radius 1 is 1.46 bits per heavy atom. The average Bonchev–Trinajstić information content (AvgIpc) is 3.16. The van der Waals surface area contributed by atoms with Gasteiger partial charge in [0.15, 0.2) is 15.3 Å². The number of cyclic esters (lactones) is 1. The number of carboxylic acids is 1. The summed E-state index contributed by atoms with van der Waals surface area (Å²) < 4.78 is 32.0. The van der Waals surface area contributed by atoms with Gasteiger partial charge in [-0.1, -0.05) is 11.8 Å². The Kier molecular flexibility index (Phi) is 4.70. The second kappa shape index (κ2) is 6.93. The monoisotopic (exact) mass is 422 g/mol. The van der Waals surface area contributed by atoms with Crippen LogP contribution in [0.15, 0.2) is 34.2 Å². The molecule has 10 heteroatoms. The zero-order chi connectivity index (χ0) is 20.1. The molecule has 148 valence electrons. The molecule has 4 rings (SSSR count). The fourth-order valence-electron chi connectivity index (χ4n) is 3.85. The van der Waals surface area contributed by atoms with Crippen LogP contribution in [0.5, 0.6) is 0 Å². The number of pyridine rings is 1. The summed E-state index contributed by atoms with van der Waals surface area (Å²) in [4.78, 5) is 28.0. The normalized spacial score (nSPS) is 21.7. The first-order chi connectivity index (χ1) is 13.3. The molecule has 0 saturated carbocycles. The van der Waals surface area contributed by atoms with Crippen LogP contribution in [0, 0.1) is 0 Å². The van der Waals surface area contributed by atoms with Gasteiger partial charge in [-0.3, -0.25) is 4.79 Å². The van der Waals surface area contributed by atoms with E-state index in [0.29, 0.717) is 28.9 Å². The molecule has 2 aliphatic rings. The zero-order valence-electron chi connectivity index (χ0n) is 15.0. The topological polar surface area (TPSA) is 116 Å². The molecule has 2 aromatic rings. The third kappa shape index (κ3) is 3.30. The number of carbonyl (C=O) groups excluding carboxylic acids is 1. The first-order valence-electron chi connectivity index (χ1n) is 8.74. The molecule has 4 heterocycles. The smallest absolute Gasteiger partial charge is 0.332 e. The zero-order valence-corrected chi connectivity index (χ0v) is 16.6. The van der Waals surface area contributed by atoms with Crippen LogP contribution in [0.3, 0.4) is 0 Å². The van der Waals surface area contributed by atoms with Crippen LogP contribution in [-0.2, 0) is 30.7 Å². The number of thioether (sulfide) groups is 1. The van der Waals surface area contributed by atoms with E-state index in [1.165, 1.54) is 30.1 Å². The van der Waals surface area contributed by atoms with Gasteiger partial charge in [-0.25, -0.2) is 18.2 Å². The number of aromatic nitrogens is 2. The molecule has 2 aliphatic heterocycles. The summed E-state index contributed by atoms with van der Waals surface area (Å²) >= 11 is 1.22. The van der Waals surface area contributed by atoms with E-state index in [-0.39, 0.29) is 17.2 Å². The van der Waals surface area contributed by atoms with E-state index < -0.39 is 27.2 Å². The van der Waals surface area contributed by atoms with Gasteiger partial charge in [-0.05, 0) is 25.0 Å². The lowest BCUT2D eigenvalue weighted by molar-refractivity contribution is -0.138. The third-order valence-electron chi connectivity index (χ3n) is 4.90. The molecule has 28 heavy (non-hydrogen) atoms. The third-order valence-corrected chi connectivity index (χ3v) is 7.17. The SMILES string of the molecule is CS(=O)(=O)c1ccnc2c1c(SC1C=CC(=O)O1)c1n2CCCC1CC(=O)O. The number of carbonyl (C=O) groups is 2. The standard InChI is InChI=1S/C18H18N2O6S2/c1-28(24,25)11-6-7-19-18-15(11)17(27-14-5-4-13(23)26-14)16-10(9-12(21)22)3-2-8-20(16)18/h4-7,10,14H,2-3,8-9H2,1H3,(H,21,22). The van der Waals surface area contributed by atoms with Gasteiger partial charge < -0.3 is 14.4 Å². The van der Waals surface area contributed by atoms with E-state index in [1.807, 2.05) is 4.57 Å². The minimum atomic E-state index is -3.55. The molecule has 0 bridgehead atoms. The molecule has 0 radical (unpaired) electrons. The first kappa shape index (κ1) is 19.0. The Bertz CT molecular complexity index is 1120. The van der Waals surface area contributed by atoms with Crippen LogP contribution >= 0.6 is 11.8 Å². The summed E-state index contributed by atoms with van der Waals surface area (Å²) in [7, 11) is -3.55. The summed E-state index contributed by atoms with van der Waals surface area (Å²) in [5.41, 5.74) is 0.681. The van der Waals surface area contributed by atoms with Crippen molar-refractivity contribution >= 4 is 44.6 Å². The van der Waals surface area contributed by atoms with Crippen LogP contribution in [0.25, 0.3) is 11.0 Å². The van der Waals surface area contributed by atoms with Crippen molar-refractivity contribution in [3.05, 3.63) is 30.1 Å². The molecular weight excluding hydrogens is 404 g/mol. The van der Waals surface area contributed by atoms with E-state index >= 15 is 0 Å². The van der Waals surface area contributed by atoms with Gasteiger partial charge in [-0.2, -0.15) is 0 Å². The van der Waals surface area contributed by atoms with Crippen molar-refractivity contribution in [1.82, 2.24) is 9.55 Å². The number of carboxylic acid groups (broad SMARTS) is 1. The maximum atomic E-state index is 12.4. The molecule has 0 fully saturated rings. The maximum Gasteiger partial charge on any atom is 0.332 e. The predicted octanol–water partition coefficient (Wildman–Crippen LogP) is 2.32. The molecule has 0 saturated heterocycles. The lowest BCUT2D eigenvalue weighted by atomic mass is 9.93. The number of hydrogen-bond donors (Lipinski definition) is 1. The van der Waals surface area contributed by atoms with E-state index in [9.17, 15) is 23.1 Å². The number of fused-ring (bicyclic) bond motifs is 3. The Balaban J connectivity index is 1.98. The Labute approximate surface area is 165 Å². The van der Waals surface area contributed by atoms with Crippen molar-refractivity contribution in [3.8, 4) is 0 Å². The van der Waals surface area contributed by atoms with Crippen molar-refractivity contribution in [3.63, 3.8) is 0 Å². The highest BCUT2D eigenvalue weighted by molar-refractivity contribution is 8.00. The number of nitrogens with zero attached hydrogens (tertiary/aromatic N) is 2. The number of aliphatic carboxylic acids is 1. The molecule has 0 spiro atoms. The number of ether oxygens (including phenoxy) is 1. The Morgan fingerprint density at radius 2 is 2.25 bits per heavy atom. The van der Waals surface area contributed by atoms with E-state index in [4.69, 9.17) is 4.74 Å². The molecule has 8 nitrogen and oxygen atoms in total. The summed E-state index contributed by atoms with van der Waals surface area (Å²) in [6, 6.07) is 1.45. The van der Waals surface area contributed by atoms with Gasteiger partial charge in [0.2, 0.25) is 0 Å². The number of esters is 1. The van der Waals surface area contributed by atoms with Crippen LogP contribution in [0.1, 0.15) is 30.9 Å². The van der Waals surface area contributed by atoms with Gasteiger partial charge in [0.25, 0.3) is 0 Å². The largest absolute Gasteiger partial charge is 0.481 e. The van der Waals surface area contributed by atoms with Gasteiger partial charge in [0, 0.05) is 41.6 Å². The number of hydrogen-bond acceptors (Lipinski definition) is 7. The fraction of sp³-hybridized carbons (Fsp3) is 0.389. The molecular formula is C18H18N2O6S2. The Hall–Kier alpha value is -2.33. The van der Waals surface area contributed by atoms with Crippen molar-refractivity contribution < 1.29 is 27.9 Å². The van der Waals surface area contributed by atoms with Gasteiger partial charge >= 0.3 is 11.9 Å². The quantitative estimate of drug-likeness (QED) is 0.730. The number of aryl methyl sites for hydroxylation is 1. The lowest BCUT2D eigenvalue weighted by Crippen LogP contribution is -2.19. The van der Waals surface area contributed by atoms with Crippen molar-refractivity contribution in [1.29, 1.82) is 0 Å². The summed E-state index contributed by atoms with van der Waals surface area (Å²) in [5.74, 6) is -1.64. The highest BCUT2D eigenvalue weighted by Gasteiger charge is 2.34. The van der Waals surface area contributed by atoms with Crippen LogP contribution in [0.4, 0.5) is 0 Å². The van der Waals surface area contributed by atoms with Gasteiger partial charge in [0.1, 0.15) is 5.65 Å². The molecule has 0 aliphatic carbocycles. The minimum Gasteiger partial charge on any atom is -0.481 e. The highest BCUT2D eigenvalue weighted by Crippen LogP contribution is 2.46. The maximum absolute atomic E-state index is 12.4. The summed E-state index contributed by atoms with van der Waals surface area (Å²) in [5, 5.41) is 9.82. The highest BCUT2D eigenvalue weighted by atomic mass is 32.2. The Morgan fingerprint density at radius 3 is 2.89 bits per heavy atom. The molecule has 2 atom stereocenters. The van der Waals surface area contributed by atoms with E-state index in [1.54, 1.807) is 6.08 Å². The second-order valence-electron chi connectivity index (χ2n) is 6.87. The van der Waals surface area contributed by atoms with Crippen LogP contribution in [-0.4, -0.2) is 46.7 Å². The number of rotatable bonds is 5. The molecule has 0 aromatic carbocycles. The van der Waals surface area contributed by atoms with Crippen LogP contribution in [0.2, 0.25) is 0 Å². The summed E-state index contributed by atoms with van der Waals surface area (Å²) in [6.45, 7) is 0.628. The van der Waals surface area contributed by atoms with Crippen molar-refractivity contribution in [2.45, 2.75) is 47.0 Å². The molecule has 1 N–H and O–H groups in total. The fourth-order valence-corrected chi connectivity index (χ4v) is 6.03. The number of sulfone groups is 1. The second-order valence-corrected chi connectivity index (χ2v) is 9.96. The van der Waals surface area contributed by atoms with E-state index in [0.717, 1.165) is 18.4 Å². The van der Waals surface area contributed by atoms with Crippen molar-refractivity contribution in [2.24, 2.45) is 0 Å². The minimum absolute atomic E-state index is 0.0572. The predicted molar refractivity (Wildman–Crippen MR) is 102 cm³/mol. The molecule has 0 amide bonds. The average molecular weight is 422 g/mol. The van der Waals surface area contributed by atoms with Crippen LogP contribution < -0.4 is 0 Å². The molecule has 2 unspecified atom stereocenters. The molecule has 2 aromatic heterocycles. The first-order valence-corrected chi connectivity index (χ1v) is 11.5. The van der Waals surface area contributed by atoms with Gasteiger partial charge in [0.05, 0.1) is 16.7 Å².